The van der Waals surface area contributed by atoms with Gasteiger partial charge in [0.25, 0.3) is 0 Å². The van der Waals surface area contributed by atoms with Gasteiger partial charge >= 0.3 is 5.97 Å². The smallest absolute Gasteiger partial charge is 0.341 e. The van der Waals surface area contributed by atoms with E-state index in [0.717, 1.165) is 0 Å². The number of thioether (sulfide) groups is 1. The van der Waals surface area contributed by atoms with Crippen LogP contribution in [0.2, 0.25) is 0 Å². The van der Waals surface area contributed by atoms with Gasteiger partial charge in [0.05, 0.1) is 5.92 Å². The van der Waals surface area contributed by atoms with Crippen LogP contribution in [-0.4, -0.2) is 27.1 Å². The van der Waals surface area contributed by atoms with E-state index in [-0.39, 0.29) is 17.1 Å². The molecule has 1 amide bonds. The van der Waals surface area contributed by atoms with Crippen molar-refractivity contribution in [2.45, 2.75) is 17.0 Å². The number of hydrogen-bond acceptors (Lipinski definition) is 3. The van der Waals surface area contributed by atoms with Gasteiger partial charge in [-0.05, 0) is 0 Å². The first-order valence-electron chi connectivity index (χ1n) is 3.31. The van der Waals surface area contributed by atoms with Gasteiger partial charge in [-0.1, -0.05) is 6.92 Å². The molecular weight excluding hydrogens is 166 g/mol. The standard InChI is InChI=1S/C6H7NO3S/c1-2-3-4(8)7-6(3,11-2)5(9)10/h2-3H,1H3,(H,7,8)(H,9,10). The minimum absolute atomic E-state index is 0.126. The van der Waals surface area contributed by atoms with Crippen molar-refractivity contribution in [3.8, 4) is 0 Å². The molecule has 3 atom stereocenters. The second-order valence-corrected chi connectivity index (χ2v) is 4.45. The summed E-state index contributed by atoms with van der Waals surface area (Å²) in [6.45, 7) is 1.87. The highest BCUT2D eigenvalue weighted by atomic mass is 32.2. The van der Waals surface area contributed by atoms with Crippen LogP contribution in [0.15, 0.2) is 0 Å². The Kier molecular flexibility index (Phi) is 1.09. The van der Waals surface area contributed by atoms with Crippen LogP contribution < -0.4 is 5.32 Å². The van der Waals surface area contributed by atoms with E-state index < -0.39 is 10.8 Å². The lowest BCUT2D eigenvalue weighted by Crippen LogP contribution is -2.79. The summed E-state index contributed by atoms with van der Waals surface area (Å²) in [7, 11) is 0. The molecule has 2 aliphatic rings. The first kappa shape index (κ1) is 6.97. The minimum atomic E-state index is -0.962. The van der Waals surface area contributed by atoms with Crippen molar-refractivity contribution in [3.05, 3.63) is 0 Å². The molecule has 0 spiro atoms. The van der Waals surface area contributed by atoms with E-state index in [2.05, 4.69) is 5.32 Å². The SMILES string of the molecule is CC1SC2(C(=O)O)NC(=O)C12. The normalized spacial score (nSPS) is 46.5. The largest absolute Gasteiger partial charge is 0.479 e. The number of carboxylic acid groups (broad SMARTS) is 1. The fourth-order valence-electron chi connectivity index (χ4n) is 1.62. The van der Waals surface area contributed by atoms with Crippen LogP contribution in [0.25, 0.3) is 0 Å². The fraction of sp³-hybridized carbons (Fsp3) is 0.667. The third-order valence-electron chi connectivity index (χ3n) is 2.19. The van der Waals surface area contributed by atoms with Crippen molar-refractivity contribution in [1.82, 2.24) is 5.32 Å². The number of carbonyl (C=O) groups excluding carboxylic acids is 1. The van der Waals surface area contributed by atoms with Gasteiger partial charge in [-0.2, -0.15) is 0 Å². The van der Waals surface area contributed by atoms with Crippen LogP contribution in [0.4, 0.5) is 0 Å². The predicted molar refractivity (Wildman–Crippen MR) is 39.1 cm³/mol. The maximum atomic E-state index is 10.8. The van der Waals surface area contributed by atoms with Gasteiger partial charge in [-0.3, -0.25) is 4.79 Å². The number of amides is 1. The summed E-state index contributed by atoms with van der Waals surface area (Å²) >= 11 is 1.31. The first-order valence-corrected chi connectivity index (χ1v) is 4.19. The zero-order chi connectivity index (χ0) is 8.22. The molecule has 0 aliphatic carbocycles. The molecule has 2 heterocycles. The van der Waals surface area contributed by atoms with Gasteiger partial charge in [0.2, 0.25) is 5.91 Å². The topological polar surface area (TPSA) is 66.4 Å². The molecule has 2 N–H and O–H groups in total. The zero-order valence-corrected chi connectivity index (χ0v) is 6.64. The van der Waals surface area contributed by atoms with Crippen LogP contribution in [0.3, 0.4) is 0 Å². The van der Waals surface area contributed by atoms with Crippen molar-refractivity contribution in [2.75, 3.05) is 0 Å². The Hall–Kier alpha value is -0.710. The summed E-state index contributed by atoms with van der Waals surface area (Å²) in [5, 5.41) is 11.3. The van der Waals surface area contributed by atoms with Crippen LogP contribution >= 0.6 is 11.8 Å². The van der Waals surface area contributed by atoms with E-state index in [1.807, 2.05) is 6.92 Å². The Bertz CT molecular complexity index is 254. The molecule has 2 saturated heterocycles. The highest BCUT2D eigenvalue weighted by Crippen LogP contribution is 2.55. The Balaban J connectivity index is 2.22. The lowest BCUT2D eigenvalue weighted by atomic mass is 9.85. The number of fused-ring (bicyclic) bond motifs is 1. The summed E-state index contributed by atoms with van der Waals surface area (Å²) < 4.78 is 0. The summed E-state index contributed by atoms with van der Waals surface area (Å²) in [5.41, 5.74) is 0. The maximum Gasteiger partial charge on any atom is 0.341 e. The molecule has 0 aromatic heterocycles. The molecule has 0 aromatic rings. The van der Waals surface area contributed by atoms with Crippen LogP contribution in [-0.2, 0) is 9.59 Å². The number of nitrogens with one attached hydrogen (secondary N) is 1. The van der Waals surface area contributed by atoms with E-state index in [1.54, 1.807) is 0 Å². The summed E-state index contributed by atoms with van der Waals surface area (Å²) in [6, 6.07) is 0. The summed E-state index contributed by atoms with van der Waals surface area (Å²) in [5.74, 6) is -1.35. The average molecular weight is 173 g/mol. The van der Waals surface area contributed by atoms with Gasteiger partial charge in [0.1, 0.15) is 0 Å². The molecule has 0 radical (unpaired) electrons. The maximum absolute atomic E-state index is 10.8. The highest BCUT2D eigenvalue weighted by molar-refractivity contribution is 8.03. The van der Waals surface area contributed by atoms with Crippen LogP contribution in [0, 0.1) is 5.92 Å². The fourth-order valence-corrected chi connectivity index (χ4v) is 3.16. The number of rotatable bonds is 1. The molecule has 2 rings (SSSR count). The van der Waals surface area contributed by atoms with Crippen molar-refractivity contribution in [2.24, 2.45) is 5.92 Å². The van der Waals surface area contributed by atoms with Crippen molar-refractivity contribution >= 4 is 23.6 Å². The Morgan fingerprint density at radius 2 is 2.45 bits per heavy atom. The van der Waals surface area contributed by atoms with Gasteiger partial charge in [-0.25, -0.2) is 4.79 Å². The lowest BCUT2D eigenvalue weighted by molar-refractivity contribution is -0.157. The molecule has 11 heavy (non-hydrogen) atoms. The van der Waals surface area contributed by atoms with E-state index in [0.29, 0.717) is 0 Å². The van der Waals surface area contributed by atoms with Crippen molar-refractivity contribution in [1.29, 1.82) is 0 Å². The number of carboxylic acids is 1. The summed E-state index contributed by atoms with van der Waals surface area (Å²) in [4.78, 5) is 20.5. The number of aliphatic carboxylic acids is 1. The van der Waals surface area contributed by atoms with E-state index in [4.69, 9.17) is 5.11 Å². The lowest BCUT2D eigenvalue weighted by Gasteiger charge is -2.57. The van der Waals surface area contributed by atoms with E-state index in [1.165, 1.54) is 11.8 Å². The van der Waals surface area contributed by atoms with Crippen molar-refractivity contribution < 1.29 is 14.7 Å². The molecule has 0 saturated carbocycles. The Morgan fingerprint density at radius 3 is 2.73 bits per heavy atom. The number of carbonyl (C=O) groups is 2. The quantitative estimate of drug-likeness (QED) is 0.532. The van der Waals surface area contributed by atoms with E-state index in [9.17, 15) is 9.59 Å². The second kappa shape index (κ2) is 1.72. The van der Waals surface area contributed by atoms with Gasteiger partial charge < -0.3 is 10.4 Å². The Morgan fingerprint density at radius 1 is 1.82 bits per heavy atom. The molecular formula is C6H7NO3S. The molecule has 0 bridgehead atoms. The third-order valence-corrected chi connectivity index (χ3v) is 3.73. The molecule has 4 nitrogen and oxygen atoms in total. The molecule has 3 unspecified atom stereocenters. The molecule has 2 aliphatic heterocycles. The number of β-lactam (4-membered cyclic amide) rings is 1. The van der Waals surface area contributed by atoms with Crippen LogP contribution in [0.1, 0.15) is 6.92 Å². The zero-order valence-electron chi connectivity index (χ0n) is 5.83. The third kappa shape index (κ3) is 0.575. The van der Waals surface area contributed by atoms with E-state index >= 15 is 0 Å². The van der Waals surface area contributed by atoms with Gasteiger partial charge in [0.15, 0.2) is 4.87 Å². The minimum Gasteiger partial charge on any atom is -0.479 e. The monoisotopic (exact) mass is 173 g/mol. The molecule has 60 valence electrons. The Labute approximate surface area is 67.3 Å². The van der Waals surface area contributed by atoms with Crippen molar-refractivity contribution in [3.63, 3.8) is 0 Å². The first-order chi connectivity index (χ1) is 5.08. The van der Waals surface area contributed by atoms with Gasteiger partial charge in [-0.15, -0.1) is 11.8 Å². The molecule has 2 fully saturated rings. The number of hydrogen-bond donors (Lipinski definition) is 2. The summed E-state index contributed by atoms with van der Waals surface area (Å²) in [6.07, 6.45) is 0. The molecule has 5 heteroatoms. The van der Waals surface area contributed by atoms with Crippen LogP contribution in [0.5, 0.6) is 0 Å². The highest BCUT2D eigenvalue weighted by Gasteiger charge is 2.70. The predicted octanol–water partition coefficient (Wildman–Crippen LogP) is -0.351. The second-order valence-electron chi connectivity index (χ2n) is 2.83. The van der Waals surface area contributed by atoms with Gasteiger partial charge in [0, 0.05) is 5.25 Å². The average Bonchev–Trinajstić information content (AvgIpc) is 1.82. The molecule has 0 aromatic carbocycles.